The molecule has 0 aliphatic rings. The minimum atomic E-state index is -0.799. The molecule has 10 nitrogen and oxygen atoms in total. The fourth-order valence-electron chi connectivity index (χ4n) is 2.98. The molecule has 0 spiro atoms. The number of furan rings is 1. The smallest absolute Gasteiger partial charge is 0.222 e. The fourth-order valence-corrected chi connectivity index (χ4v) is 2.98. The van der Waals surface area contributed by atoms with Gasteiger partial charge in [-0.3, -0.25) is 0 Å². The van der Waals surface area contributed by atoms with E-state index in [0.717, 1.165) is 11.5 Å². The van der Waals surface area contributed by atoms with Gasteiger partial charge in [-0.2, -0.15) is 4.98 Å². The van der Waals surface area contributed by atoms with Crippen LogP contribution in [0.15, 0.2) is 34.7 Å². The number of nitrogen functional groups attached to an aromatic ring is 1. The van der Waals surface area contributed by atoms with E-state index in [-0.39, 0.29) is 12.0 Å². The van der Waals surface area contributed by atoms with Gasteiger partial charge >= 0.3 is 0 Å². The summed E-state index contributed by atoms with van der Waals surface area (Å²) in [6.07, 6.45) is 0. The average Bonchev–Trinajstić information content (AvgIpc) is 3.33. The van der Waals surface area contributed by atoms with Gasteiger partial charge in [0.1, 0.15) is 11.5 Å². The first-order chi connectivity index (χ1) is 14.3. The Morgan fingerprint density at radius 2 is 1.93 bits per heavy atom. The van der Waals surface area contributed by atoms with Gasteiger partial charge in [0.15, 0.2) is 16.9 Å². The minimum Gasteiger partial charge on any atom is -0.460 e. The van der Waals surface area contributed by atoms with Crippen LogP contribution in [0.25, 0.3) is 22.6 Å². The Balaban J connectivity index is 1.75. The molecular formula is C20H23N7O3. The van der Waals surface area contributed by atoms with E-state index in [0.29, 0.717) is 28.5 Å². The van der Waals surface area contributed by atoms with Crippen LogP contribution in [0.5, 0.6) is 5.88 Å². The normalized spacial score (nSPS) is 13.0. The van der Waals surface area contributed by atoms with E-state index in [2.05, 4.69) is 25.3 Å². The monoisotopic (exact) mass is 409 g/mol. The third kappa shape index (κ3) is 3.69. The van der Waals surface area contributed by atoms with Crippen molar-refractivity contribution in [2.75, 3.05) is 12.8 Å². The van der Waals surface area contributed by atoms with E-state index in [9.17, 15) is 0 Å². The van der Waals surface area contributed by atoms with Crippen LogP contribution in [0.3, 0.4) is 0 Å². The number of anilines is 1. The molecule has 4 aromatic heterocycles. The van der Waals surface area contributed by atoms with Crippen LogP contribution in [-0.2, 0) is 4.74 Å². The van der Waals surface area contributed by atoms with Gasteiger partial charge in [0, 0.05) is 27.0 Å². The zero-order chi connectivity index (χ0) is 21.5. The predicted octanol–water partition coefficient (Wildman–Crippen LogP) is 3.14. The van der Waals surface area contributed by atoms with Crippen molar-refractivity contribution in [2.24, 2.45) is 0 Å². The molecule has 0 radical (unpaired) electrons. The Kier molecular flexibility index (Phi) is 4.86. The summed E-state index contributed by atoms with van der Waals surface area (Å²) in [7, 11) is 1.58. The molecule has 0 saturated carbocycles. The molecule has 10 heteroatoms. The number of hydrogen-bond donors (Lipinski definition) is 1. The number of aromatic nitrogens is 6. The van der Waals surface area contributed by atoms with E-state index < -0.39 is 5.79 Å². The quantitative estimate of drug-likeness (QED) is 0.478. The highest BCUT2D eigenvalue weighted by Gasteiger charge is 2.23. The molecule has 4 aromatic rings. The zero-order valence-electron chi connectivity index (χ0n) is 17.4. The van der Waals surface area contributed by atoms with Gasteiger partial charge in [-0.25, -0.2) is 14.6 Å². The molecule has 4 heterocycles. The SMILES string of the molecule is COC(C)(C)Oc1cccc(C(C)n2nnc3c(-c4ccc(C)o4)nc(N)nc32)n1. The number of methoxy groups -OCH3 is 1. The number of rotatable bonds is 6. The van der Waals surface area contributed by atoms with Crippen molar-refractivity contribution in [1.29, 1.82) is 0 Å². The molecular weight excluding hydrogens is 386 g/mol. The topological polar surface area (TPSA) is 127 Å². The van der Waals surface area contributed by atoms with Crippen LogP contribution < -0.4 is 10.5 Å². The van der Waals surface area contributed by atoms with Gasteiger partial charge in [0.25, 0.3) is 0 Å². The van der Waals surface area contributed by atoms with Crippen LogP contribution in [0.2, 0.25) is 0 Å². The Morgan fingerprint density at radius 1 is 1.13 bits per heavy atom. The maximum Gasteiger partial charge on any atom is 0.222 e. The lowest BCUT2D eigenvalue weighted by Gasteiger charge is -2.24. The Hall–Kier alpha value is -3.53. The first-order valence-corrected chi connectivity index (χ1v) is 9.44. The van der Waals surface area contributed by atoms with Gasteiger partial charge in [0.2, 0.25) is 17.6 Å². The van der Waals surface area contributed by atoms with Crippen LogP contribution in [0.1, 0.15) is 38.3 Å². The summed E-state index contributed by atoms with van der Waals surface area (Å²) in [6.45, 7) is 7.42. The number of aryl methyl sites for hydroxylation is 1. The largest absolute Gasteiger partial charge is 0.460 e. The molecule has 1 unspecified atom stereocenters. The first-order valence-electron chi connectivity index (χ1n) is 9.44. The van der Waals surface area contributed by atoms with Gasteiger partial charge in [-0.1, -0.05) is 11.3 Å². The van der Waals surface area contributed by atoms with Crippen molar-refractivity contribution in [2.45, 2.75) is 39.5 Å². The second-order valence-corrected chi connectivity index (χ2v) is 7.33. The second-order valence-electron chi connectivity index (χ2n) is 7.33. The molecule has 0 aromatic carbocycles. The van der Waals surface area contributed by atoms with Crippen LogP contribution in [0, 0.1) is 6.92 Å². The predicted molar refractivity (Wildman–Crippen MR) is 110 cm³/mol. The highest BCUT2D eigenvalue weighted by molar-refractivity contribution is 5.86. The number of hydrogen-bond acceptors (Lipinski definition) is 9. The Bertz CT molecular complexity index is 1200. The summed E-state index contributed by atoms with van der Waals surface area (Å²) in [5.41, 5.74) is 8.17. The molecule has 0 bridgehead atoms. The number of nitrogens with zero attached hydrogens (tertiary/aromatic N) is 6. The lowest BCUT2D eigenvalue weighted by Crippen LogP contribution is -2.30. The van der Waals surface area contributed by atoms with Crippen molar-refractivity contribution in [3.63, 3.8) is 0 Å². The van der Waals surface area contributed by atoms with Crippen molar-refractivity contribution >= 4 is 17.1 Å². The van der Waals surface area contributed by atoms with E-state index in [1.165, 1.54) is 0 Å². The van der Waals surface area contributed by atoms with Crippen LogP contribution >= 0.6 is 0 Å². The minimum absolute atomic E-state index is 0.106. The van der Waals surface area contributed by atoms with E-state index in [4.69, 9.17) is 19.6 Å². The van der Waals surface area contributed by atoms with Gasteiger partial charge < -0.3 is 19.6 Å². The van der Waals surface area contributed by atoms with Crippen LogP contribution in [0.4, 0.5) is 5.95 Å². The summed E-state index contributed by atoms with van der Waals surface area (Å²) >= 11 is 0. The number of pyridine rings is 1. The number of ether oxygens (including phenoxy) is 2. The molecule has 0 aliphatic heterocycles. The summed E-state index contributed by atoms with van der Waals surface area (Å²) in [6, 6.07) is 8.90. The lowest BCUT2D eigenvalue weighted by atomic mass is 10.2. The van der Waals surface area contributed by atoms with Gasteiger partial charge in [-0.15, -0.1) is 5.10 Å². The molecule has 0 aliphatic carbocycles. The maximum absolute atomic E-state index is 5.96. The highest BCUT2D eigenvalue weighted by Crippen LogP contribution is 2.29. The van der Waals surface area contributed by atoms with Crippen molar-refractivity contribution in [1.82, 2.24) is 29.9 Å². The molecule has 4 rings (SSSR count). The van der Waals surface area contributed by atoms with Crippen molar-refractivity contribution in [3.05, 3.63) is 41.8 Å². The standard InChI is InChI=1S/C20H23N7O3/c1-11-9-10-14(29-11)16-17-18(24-19(21)23-16)27(26-25-17)12(2)13-7-6-8-15(22-13)30-20(3,4)28-5/h6-10,12H,1-5H3,(H2,21,23,24). The maximum atomic E-state index is 5.96. The van der Waals surface area contributed by atoms with Crippen molar-refractivity contribution in [3.8, 4) is 17.3 Å². The third-order valence-electron chi connectivity index (χ3n) is 4.70. The number of fused-ring (bicyclic) bond motifs is 1. The zero-order valence-corrected chi connectivity index (χ0v) is 17.4. The summed E-state index contributed by atoms with van der Waals surface area (Å²) < 4.78 is 18.5. The van der Waals surface area contributed by atoms with Gasteiger partial charge in [-0.05, 0) is 32.0 Å². The molecule has 0 amide bonds. The molecule has 2 N–H and O–H groups in total. The van der Waals surface area contributed by atoms with E-state index in [1.807, 2.05) is 52.0 Å². The third-order valence-corrected chi connectivity index (χ3v) is 4.70. The van der Waals surface area contributed by atoms with E-state index in [1.54, 1.807) is 17.9 Å². The molecule has 156 valence electrons. The number of nitrogens with two attached hydrogens (primary N) is 1. The molecule has 0 saturated heterocycles. The van der Waals surface area contributed by atoms with Crippen molar-refractivity contribution < 1.29 is 13.9 Å². The average molecular weight is 409 g/mol. The Morgan fingerprint density at radius 3 is 2.63 bits per heavy atom. The summed E-state index contributed by atoms with van der Waals surface area (Å²) in [4.78, 5) is 13.2. The fraction of sp³-hybridized carbons (Fsp3) is 0.350. The molecule has 1 atom stereocenters. The lowest BCUT2D eigenvalue weighted by molar-refractivity contribution is -0.136. The van der Waals surface area contributed by atoms with Gasteiger partial charge in [0.05, 0.1) is 11.7 Å². The van der Waals surface area contributed by atoms with E-state index >= 15 is 0 Å². The second kappa shape index (κ2) is 7.38. The molecule has 30 heavy (non-hydrogen) atoms. The molecule has 0 fully saturated rings. The van der Waals surface area contributed by atoms with Crippen LogP contribution in [-0.4, -0.2) is 42.8 Å². The summed E-state index contributed by atoms with van der Waals surface area (Å²) in [5.74, 6) is 1.07. The highest BCUT2D eigenvalue weighted by atomic mass is 16.7. The first kappa shape index (κ1) is 19.8. The Labute approximate surface area is 173 Å². The summed E-state index contributed by atoms with van der Waals surface area (Å²) in [5, 5.41) is 8.57.